The third-order valence-electron chi connectivity index (χ3n) is 9.71. The number of nitriles is 1. The number of nitrogens with zero attached hydrogens (tertiary/aromatic N) is 3. The van der Waals surface area contributed by atoms with E-state index in [1.54, 1.807) is 6.07 Å². The van der Waals surface area contributed by atoms with Gasteiger partial charge in [0.2, 0.25) is 6.79 Å². The van der Waals surface area contributed by atoms with Gasteiger partial charge in [0.1, 0.15) is 41.8 Å². The lowest BCUT2D eigenvalue weighted by Crippen LogP contribution is -2.36. The molecular weight excluding hydrogens is 754 g/mol. The van der Waals surface area contributed by atoms with Crippen molar-refractivity contribution in [2.75, 3.05) is 23.4 Å². The molecular formula is C35H53ClFN4O10PS. The minimum Gasteiger partial charge on any atom is -0.438 e. The van der Waals surface area contributed by atoms with E-state index in [0.29, 0.717) is 17.5 Å². The summed E-state index contributed by atoms with van der Waals surface area (Å²) in [5, 5.41) is 34.6. The van der Waals surface area contributed by atoms with Crippen LogP contribution >= 0.6 is 19.2 Å². The number of carbonyl (C=O) groups is 1. The van der Waals surface area contributed by atoms with Crippen LogP contribution in [0.5, 0.6) is 0 Å². The van der Waals surface area contributed by atoms with Crippen LogP contribution in [0, 0.1) is 11.3 Å². The van der Waals surface area contributed by atoms with Crippen molar-refractivity contribution in [3.63, 3.8) is 0 Å². The maximum atomic E-state index is 13.5. The highest BCUT2D eigenvalue weighted by molar-refractivity contribution is 7.97. The zero-order valence-corrected chi connectivity index (χ0v) is 32.7. The van der Waals surface area contributed by atoms with Crippen LogP contribution < -0.4 is 5.32 Å². The lowest BCUT2D eigenvalue weighted by atomic mass is 9.90. The molecule has 4 rings (SSSR count). The zero-order chi connectivity index (χ0) is 38.6. The maximum Gasteiger partial charge on any atom is 0.346 e. The number of rotatable bonds is 24. The molecule has 0 bridgehead atoms. The van der Waals surface area contributed by atoms with Gasteiger partial charge in [-0.15, -0.1) is 0 Å². The van der Waals surface area contributed by atoms with E-state index >= 15 is 0 Å². The number of sulfone groups is 1. The van der Waals surface area contributed by atoms with Gasteiger partial charge in [0.25, 0.3) is 0 Å². The molecule has 14 nitrogen and oxygen atoms in total. The molecule has 1 saturated carbocycles. The average molecular weight is 807 g/mol. The number of ether oxygens (including phenoxy) is 2. The minimum absolute atomic E-state index is 0.0383. The molecule has 1 saturated heterocycles. The topological polar surface area (TPSA) is 210 Å². The first-order valence-electron chi connectivity index (χ1n) is 18.6. The fourth-order valence-electron chi connectivity index (χ4n) is 6.69. The molecule has 4 N–H and O–H groups in total. The summed E-state index contributed by atoms with van der Waals surface area (Å²) in [6.45, 7) is 1.31. The van der Waals surface area contributed by atoms with E-state index in [0.717, 1.165) is 19.3 Å². The molecule has 0 radical (unpaired) electrons. The highest BCUT2D eigenvalue weighted by Gasteiger charge is 2.47. The summed E-state index contributed by atoms with van der Waals surface area (Å²) < 4.78 is 68.6. The molecule has 0 amide bonds. The SMILES string of the molecule is CCCCCCCCCCCCCCCC(=O)OCOP(=O)(O)CS(=O)(=O)C[C@H]1O[C@@H](n2ccc3c(NC4CC(F)C4)c(C#N)c(Cl)nc32)[C@H](O)[C@@H]1O. The summed E-state index contributed by atoms with van der Waals surface area (Å²) in [6.07, 6.45) is 9.85. The number of hydrogen-bond acceptors (Lipinski definition) is 12. The van der Waals surface area contributed by atoms with Gasteiger partial charge in [0.15, 0.2) is 26.7 Å². The zero-order valence-electron chi connectivity index (χ0n) is 30.2. The van der Waals surface area contributed by atoms with Gasteiger partial charge in [-0.05, 0) is 25.3 Å². The second kappa shape index (κ2) is 20.5. The average Bonchev–Trinajstić information content (AvgIpc) is 3.61. The normalized spacial score (nSPS) is 24.1. The highest BCUT2D eigenvalue weighted by Crippen LogP contribution is 2.44. The number of halogens is 2. The predicted molar refractivity (Wildman–Crippen MR) is 198 cm³/mol. The van der Waals surface area contributed by atoms with Gasteiger partial charge >= 0.3 is 13.6 Å². The Kier molecular flexibility index (Phi) is 16.8. The molecule has 3 heterocycles. The third-order valence-corrected chi connectivity index (χ3v) is 14.2. The Balaban J connectivity index is 1.19. The van der Waals surface area contributed by atoms with E-state index < -0.39 is 72.2 Å². The standard InChI is InChI=1S/C35H53ClFN4O10PS/c1-2-3-4-5-6-7-8-9-10-11-12-13-14-15-29(42)49-22-50-52(45,46)23-53(47,48)21-28-31(43)32(44)35(51-28)41-17-16-26-30(39-25-18-24(37)19-25)27(20-38)33(36)40-34(26)41/h16-17,24-25,28,31-32,35,43-44H,2-15,18-19,21-23H2,1H3,(H,39,40)(H,45,46)/t24?,25?,28-,31-,32-,35-/m1/s1. The van der Waals surface area contributed by atoms with Crippen LogP contribution in [-0.2, 0) is 33.2 Å². The first kappa shape index (κ1) is 43.4. The van der Waals surface area contributed by atoms with Crippen LogP contribution in [0.1, 0.15) is 121 Å². The highest BCUT2D eigenvalue weighted by atomic mass is 35.5. The van der Waals surface area contributed by atoms with Crippen molar-refractivity contribution in [2.24, 2.45) is 0 Å². The number of esters is 1. The summed E-state index contributed by atoms with van der Waals surface area (Å²) in [7, 11) is -9.24. The molecule has 53 heavy (non-hydrogen) atoms. The Bertz CT molecular complexity index is 1700. The number of fused-ring (bicyclic) bond motifs is 1. The molecule has 2 fully saturated rings. The van der Waals surface area contributed by atoms with Crippen LogP contribution in [-0.4, -0.2) is 87.6 Å². The molecule has 1 unspecified atom stereocenters. The minimum atomic E-state index is -4.80. The van der Waals surface area contributed by atoms with E-state index in [-0.39, 0.29) is 41.7 Å². The van der Waals surface area contributed by atoms with Crippen LogP contribution in [0.3, 0.4) is 0 Å². The van der Waals surface area contributed by atoms with E-state index in [1.165, 1.54) is 68.6 Å². The number of alkyl halides is 1. The van der Waals surface area contributed by atoms with Crippen LogP contribution in [0.15, 0.2) is 12.3 Å². The molecule has 2 aliphatic rings. The van der Waals surface area contributed by atoms with Gasteiger partial charge in [-0.3, -0.25) is 13.9 Å². The first-order valence-corrected chi connectivity index (χ1v) is 22.6. The molecule has 2 aromatic rings. The van der Waals surface area contributed by atoms with Crippen molar-refractivity contribution in [3.8, 4) is 6.07 Å². The van der Waals surface area contributed by atoms with Crippen molar-refractivity contribution >= 4 is 51.7 Å². The Morgan fingerprint density at radius 1 is 1.09 bits per heavy atom. The summed E-state index contributed by atoms with van der Waals surface area (Å²) in [6, 6.07) is 3.31. The summed E-state index contributed by atoms with van der Waals surface area (Å²) in [5.74, 6) is -1.57. The summed E-state index contributed by atoms with van der Waals surface area (Å²) in [4.78, 5) is 26.5. The molecule has 1 aliphatic carbocycles. The van der Waals surface area contributed by atoms with Gasteiger partial charge in [0, 0.05) is 24.0 Å². The van der Waals surface area contributed by atoms with E-state index in [4.69, 9.17) is 25.6 Å². The molecule has 18 heteroatoms. The summed E-state index contributed by atoms with van der Waals surface area (Å²) in [5.41, 5.74) is -0.852. The molecule has 5 atom stereocenters. The fraction of sp³-hybridized carbons (Fsp3) is 0.743. The number of aliphatic hydroxyl groups is 2. The Labute approximate surface area is 315 Å². The van der Waals surface area contributed by atoms with Gasteiger partial charge < -0.3 is 34.5 Å². The van der Waals surface area contributed by atoms with Crippen LogP contribution in [0.2, 0.25) is 5.15 Å². The number of aromatic nitrogens is 2. The lowest BCUT2D eigenvalue weighted by molar-refractivity contribution is -0.150. The van der Waals surface area contributed by atoms with E-state index in [9.17, 15) is 42.5 Å². The van der Waals surface area contributed by atoms with E-state index in [2.05, 4.69) is 17.2 Å². The number of pyridine rings is 1. The number of carbonyl (C=O) groups excluding carboxylic acids is 1. The maximum absolute atomic E-state index is 13.5. The predicted octanol–water partition coefficient (Wildman–Crippen LogP) is 6.65. The van der Waals surface area contributed by atoms with Crippen molar-refractivity contribution in [3.05, 3.63) is 23.0 Å². The lowest BCUT2D eigenvalue weighted by Gasteiger charge is -2.31. The second-order valence-electron chi connectivity index (χ2n) is 14.1. The third kappa shape index (κ3) is 12.9. The molecule has 0 spiro atoms. The summed E-state index contributed by atoms with van der Waals surface area (Å²) >= 11 is 6.30. The van der Waals surface area contributed by atoms with E-state index in [1.807, 2.05) is 6.07 Å². The Morgan fingerprint density at radius 3 is 2.28 bits per heavy atom. The number of nitrogens with one attached hydrogen (secondary N) is 1. The van der Waals surface area contributed by atoms with Crippen molar-refractivity contribution < 1.29 is 51.3 Å². The number of anilines is 1. The number of unbranched alkanes of at least 4 members (excludes halogenated alkanes) is 12. The second-order valence-corrected chi connectivity index (χ2v) is 18.9. The molecule has 1 aliphatic heterocycles. The van der Waals surface area contributed by atoms with Crippen molar-refractivity contribution in [1.29, 1.82) is 5.26 Å². The largest absolute Gasteiger partial charge is 0.438 e. The van der Waals surface area contributed by atoms with Crippen LogP contribution in [0.4, 0.5) is 10.1 Å². The monoisotopic (exact) mass is 806 g/mol. The van der Waals surface area contributed by atoms with Crippen molar-refractivity contribution in [1.82, 2.24) is 9.55 Å². The van der Waals surface area contributed by atoms with Gasteiger partial charge in [-0.2, -0.15) is 5.26 Å². The fourth-order valence-corrected chi connectivity index (χ4v) is 10.6. The van der Waals surface area contributed by atoms with Crippen molar-refractivity contribution in [2.45, 2.75) is 146 Å². The van der Waals surface area contributed by atoms with Gasteiger partial charge in [-0.1, -0.05) is 95.6 Å². The van der Waals surface area contributed by atoms with Gasteiger partial charge in [0.05, 0.1) is 11.4 Å². The van der Waals surface area contributed by atoms with Gasteiger partial charge in [-0.25, -0.2) is 17.8 Å². The quantitative estimate of drug-likeness (QED) is 0.0288. The molecule has 298 valence electrons. The molecule has 2 aromatic heterocycles. The Hall–Kier alpha value is -2.35. The van der Waals surface area contributed by atoms with Crippen LogP contribution in [0.25, 0.3) is 11.0 Å². The smallest absolute Gasteiger partial charge is 0.346 e. The Morgan fingerprint density at radius 2 is 1.70 bits per heavy atom. The molecule has 0 aromatic carbocycles. The number of aliphatic hydroxyl groups excluding tert-OH is 2. The number of hydrogen-bond donors (Lipinski definition) is 4. The first-order chi connectivity index (χ1) is 25.2.